The van der Waals surface area contributed by atoms with Gasteiger partial charge in [0.2, 0.25) is 5.91 Å². The summed E-state index contributed by atoms with van der Waals surface area (Å²) >= 11 is 7.33. The number of nitrogens with one attached hydrogen (secondary N) is 1. The van der Waals surface area contributed by atoms with Gasteiger partial charge in [-0.25, -0.2) is 0 Å². The highest BCUT2D eigenvalue weighted by Crippen LogP contribution is 2.27. The van der Waals surface area contributed by atoms with E-state index in [-0.39, 0.29) is 11.2 Å². The number of para-hydroxylation sites is 1. The Balaban J connectivity index is 1.50. The van der Waals surface area contributed by atoms with Crippen LogP contribution in [0.2, 0.25) is 5.02 Å². The van der Waals surface area contributed by atoms with Gasteiger partial charge in [0.1, 0.15) is 5.82 Å². The maximum absolute atomic E-state index is 12.7. The maximum Gasteiger partial charge on any atom is 0.233 e. The van der Waals surface area contributed by atoms with Gasteiger partial charge in [0, 0.05) is 23.7 Å². The van der Waals surface area contributed by atoms with Crippen molar-refractivity contribution in [2.45, 2.75) is 30.3 Å². The molecule has 0 aliphatic carbocycles. The van der Waals surface area contributed by atoms with Crippen LogP contribution in [0.4, 0.5) is 0 Å². The van der Waals surface area contributed by atoms with Crippen LogP contribution in [0.15, 0.2) is 90.1 Å². The minimum atomic E-state index is -0.335. The second-order valence-corrected chi connectivity index (χ2v) is 9.08. The first kappa shape index (κ1) is 22.1. The molecule has 0 aliphatic rings. The molecule has 3 aromatic carbocycles. The molecule has 4 aromatic rings. The summed E-state index contributed by atoms with van der Waals surface area (Å²) in [6.45, 7) is 2.33. The Labute approximate surface area is 196 Å². The van der Waals surface area contributed by atoms with Gasteiger partial charge in [0.25, 0.3) is 0 Å². The number of thioether (sulfide) groups is 1. The number of benzene rings is 3. The third kappa shape index (κ3) is 5.58. The summed E-state index contributed by atoms with van der Waals surface area (Å²) in [6.07, 6.45) is 0.653. The normalized spacial score (nSPS) is 11.8. The van der Waals surface area contributed by atoms with Crippen molar-refractivity contribution in [1.82, 2.24) is 20.1 Å². The number of carbonyl (C=O) groups excluding carboxylic acids is 1. The van der Waals surface area contributed by atoms with Crippen LogP contribution in [0.25, 0.3) is 5.69 Å². The molecule has 5 nitrogen and oxygen atoms in total. The highest BCUT2D eigenvalue weighted by molar-refractivity contribution is 8.00. The van der Waals surface area contributed by atoms with Crippen LogP contribution >= 0.6 is 23.4 Å². The number of hydrogen-bond donors (Lipinski definition) is 1. The number of nitrogens with zero attached hydrogens (tertiary/aromatic N) is 3. The first-order valence-electron chi connectivity index (χ1n) is 10.3. The predicted molar refractivity (Wildman–Crippen MR) is 129 cm³/mol. The van der Waals surface area contributed by atoms with E-state index in [1.807, 2.05) is 84.3 Å². The molecule has 4 rings (SSSR count). The molecule has 1 unspecified atom stereocenters. The number of amides is 1. The van der Waals surface area contributed by atoms with Gasteiger partial charge < -0.3 is 5.32 Å². The van der Waals surface area contributed by atoms with E-state index < -0.39 is 0 Å². The van der Waals surface area contributed by atoms with Crippen molar-refractivity contribution in [2.75, 3.05) is 0 Å². The fourth-order valence-corrected chi connectivity index (χ4v) is 4.29. The molecule has 1 aromatic heterocycles. The molecule has 0 spiro atoms. The quantitative estimate of drug-likeness (QED) is 0.360. The summed E-state index contributed by atoms with van der Waals surface area (Å²) in [5, 5.41) is 12.9. The summed E-state index contributed by atoms with van der Waals surface area (Å²) in [5.74, 6) is 0.774. The van der Waals surface area contributed by atoms with E-state index in [1.54, 1.807) is 0 Å². The number of halogens is 1. The zero-order chi connectivity index (χ0) is 22.3. The maximum atomic E-state index is 12.7. The fourth-order valence-electron chi connectivity index (χ4n) is 3.25. The second-order valence-electron chi connectivity index (χ2n) is 7.34. The van der Waals surface area contributed by atoms with Gasteiger partial charge in [-0.15, -0.1) is 10.2 Å². The van der Waals surface area contributed by atoms with Gasteiger partial charge in [-0.1, -0.05) is 84.0 Å². The lowest BCUT2D eigenvalue weighted by atomic mass is 10.1. The molecular weight excluding hydrogens is 440 g/mol. The van der Waals surface area contributed by atoms with E-state index in [0.29, 0.717) is 23.1 Å². The van der Waals surface area contributed by atoms with Gasteiger partial charge >= 0.3 is 0 Å². The summed E-state index contributed by atoms with van der Waals surface area (Å²) in [5.41, 5.74) is 3.12. The minimum Gasteiger partial charge on any atom is -0.351 e. The summed E-state index contributed by atoms with van der Waals surface area (Å²) < 4.78 is 2.03. The molecule has 0 fully saturated rings. The van der Waals surface area contributed by atoms with Crippen LogP contribution in [0.3, 0.4) is 0 Å². The Bertz CT molecular complexity index is 1160. The molecule has 1 atom stereocenters. The molecule has 1 N–H and O–H groups in total. The molecular formula is C25H23ClN4OS. The lowest BCUT2D eigenvalue weighted by molar-refractivity contribution is -0.120. The van der Waals surface area contributed by atoms with Crippen molar-refractivity contribution in [3.05, 3.63) is 107 Å². The highest BCUT2D eigenvalue weighted by atomic mass is 35.5. The molecule has 1 amide bonds. The Morgan fingerprint density at radius 1 is 0.938 bits per heavy atom. The standard InChI is InChI=1S/C25H23ClN4OS/c1-18(24(31)27-17-20-12-14-21(26)15-13-20)32-25-29-28-23(16-19-8-4-2-5-9-19)30(25)22-10-6-3-7-11-22/h2-15,18H,16-17H2,1H3,(H,27,31). The second kappa shape index (κ2) is 10.5. The van der Waals surface area contributed by atoms with Crippen LogP contribution in [-0.4, -0.2) is 25.9 Å². The average Bonchev–Trinajstić information content (AvgIpc) is 3.21. The molecule has 0 bridgehead atoms. The van der Waals surface area contributed by atoms with Crippen LogP contribution in [-0.2, 0) is 17.8 Å². The molecule has 32 heavy (non-hydrogen) atoms. The van der Waals surface area contributed by atoms with Crippen molar-refractivity contribution in [3.63, 3.8) is 0 Å². The van der Waals surface area contributed by atoms with E-state index in [1.165, 1.54) is 11.8 Å². The van der Waals surface area contributed by atoms with Crippen molar-refractivity contribution in [2.24, 2.45) is 0 Å². The lowest BCUT2D eigenvalue weighted by Gasteiger charge is -2.14. The average molecular weight is 463 g/mol. The Hall–Kier alpha value is -3.09. The van der Waals surface area contributed by atoms with Crippen LogP contribution in [0, 0.1) is 0 Å². The van der Waals surface area contributed by atoms with Crippen molar-refractivity contribution >= 4 is 29.3 Å². The molecule has 7 heteroatoms. The third-order valence-corrected chi connectivity index (χ3v) is 6.25. The van der Waals surface area contributed by atoms with Gasteiger partial charge in [-0.2, -0.15) is 0 Å². The number of aromatic nitrogens is 3. The number of carbonyl (C=O) groups is 1. The predicted octanol–water partition coefficient (Wildman–Crippen LogP) is 5.31. The Morgan fingerprint density at radius 2 is 1.59 bits per heavy atom. The molecule has 0 aliphatic heterocycles. The zero-order valence-corrected chi connectivity index (χ0v) is 19.2. The SMILES string of the molecule is CC(Sc1nnc(Cc2ccccc2)n1-c1ccccc1)C(=O)NCc1ccc(Cl)cc1. The van der Waals surface area contributed by atoms with E-state index in [0.717, 1.165) is 22.6 Å². The van der Waals surface area contributed by atoms with Gasteiger partial charge in [-0.05, 0) is 42.3 Å². The minimum absolute atomic E-state index is 0.0582. The summed E-state index contributed by atoms with van der Waals surface area (Å²) in [6, 6.07) is 27.6. The Morgan fingerprint density at radius 3 is 2.28 bits per heavy atom. The van der Waals surface area contributed by atoms with Gasteiger partial charge in [0.15, 0.2) is 5.16 Å². The summed E-state index contributed by atoms with van der Waals surface area (Å²) in [7, 11) is 0. The van der Waals surface area contributed by atoms with Gasteiger partial charge in [-0.3, -0.25) is 9.36 Å². The monoisotopic (exact) mass is 462 g/mol. The molecule has 1 heterocycles. The Kier molecular flexibility index (Phi) is 7.24. The molecule has 0 saturated carbocycles. The zero-order valence-electron chi connectivity index (χ0n) is 17.6. The first-order chi connectivity index (χ1) is 15.6. The number of hydrogen-bond acceptors (Lipinski definition) is 4. The van der Waals surface area contributed by atoms with Crippen LogP contribution < -0.4 is 5.32 Å². The fraction of sp³-hybridized carbons (Fsp3) is 0.160. The molecule has 0 radical (unpaired) electrons. The van der Waals surface area contributed by atoms with Crippen molar-refractivity contribution < 1.29 is 4.79 Å². The molecule has 0 saturated heterocycles. The van der Waals surface area contributed by atoms with Crippen molar-refractivity contribution in [1.29, 1.82) is 0 Å². The van der Waals surface area contributed by atoms with E-state index in [9.17, 15) is 4.79 Å². The largest absolute Gasteiger partial charge is 0.351 e. The third-order valence-electron chi connectivity index (χ3n) is 4.95. The van der Waals surface area contributed by atoms with E-state index >= 15 is 0 Å². The number of rotatable bonds is 8. The highest BCUT2D eigenvalue weighted by Gasteiger charge is 2.21. The van der Waals surface area contributed by atoms with E-state index in [2.05, 4.69) is 27.6 Å². The van der Waals surface area contributed by atoms with Crippen LogP contribution in [0.1, 0.15) is 23.9 Å². The first-order valence-corrected chi connectivity index (χ1v) is 11.6. The summed E-state index contributed by atoms with van der Waals surface area (Å²) in [4.78, 5) is 12.7. The lowest BCUT2D eigenvalue weighted by Crippen LogP contribution is -2.30. The smallest absolute Gasteiger partial charge is 0.233 e. The van der Waals surface area contributed by atoms with E-state index in [4.69, 9.17) is 11.6 Å². The topological polar surface area (TPSA) is 59.8 Å². The molecule has 162 valence electrons. The van der Waals surface area contributed by atoms with Crippen molar-refractivity contribution in [3.8, 4) is 5.69 Å². The van der Waals surface area contributed by atoms with Gasteiger partial charge in [0.05, 0.1) is 5.25 Å². The van der Waals surface area contributed by atoms with Crippen LogP contribution in [0.5, 0.6) is 0 Å².